The molecule has 2 N–H and O–H groups in total. The van der Waals surface area contributed by atoms with Gasteiger partial charge in [-0.05, 0) is 18.9 Å². The number of aromatic nitrogens is 2. The molecule has 0 fully saturated rings. The summed E-state index contributed by atoms with van der Waals surface area (Å²) in [6, 6.07) is 4.80. The second-order valence-electron chi connectivity index (χ2n) is 6.13. The summed E-state index contributed by atoms with van der Waals surface area (Å²) in [6.45, 7) is 6.69. The van der Waals surface area contributed by atoms with Crippen LogP contribution in [0, 0.1) is 12.8 Å². The minimum atomic E-state index is -0.384. The van der Waals surface area contributed by atoms with E-state index in [1.165, 1.54) is 14.2 Å². The zero-order chi connectivity index (χ0) is 19.3. The Morgan fingerprint density at radius 1 is 1.15 bits per heavy atom. The highest BCUT2D eigenvalue weighted by Crippen LogP contribution is 2.36. The number of benzene rings is 1. The molecular weight excluding hydrogens is 356 g/mol. The molecule has 1 heterocycles. The second-order valence-corrected chi connectivity index (χ2v) is 6.54. The highest BCUT2D eigenvalue weighted by atomic mass is 35.5. The van der Waals surface area contributed by atoms with E-state index in [4.69, 9.17) is 21.1 Å². The van der Waals surface area contributed by atoms with Gasteiger partial charge in [-0.2, -0.15) is 0 Å². The Morgan fingerprint density at radius 2 is 1.85 bits per heavy atom. The predicted octanol–water partition coefficient (Wildman–Crippen LogP) is 3.78. The van der Waals surface area contributed by atoms with Gasteiger partial charge in [-0.15, -0.1) is 0 Å². The molecule has 7 nitrogen and oxygen atoms in total. The van der Waals surface area contributed by atoms with Gasteiger partial charge in [-0.25, -0.2) is 9.97 Å². The Hall–Kier alpha value is -2.54. The van der Waals surface area contributed by atoms with Crippen LogP contribution in [0.4, 0.5) is 11.6 Å². The van der Waals surface area contributed by atoms with Crippen molar-refractivity contribution in [1.82, 2.24) is 9.97 Å². The molecule has 0 radical (unpaired) electrons. The number of carbonyl (C=O) groups is 1. The van der Waals surface area contributed by atoms with E-state index in [-0.39, 0.29) is 11.6 Å². The van der Waals surface area contributed by atoms with E-state index in [2.05, 4.69) is 34.4 Å². The van der Waals surface area contributed by atoms with Gasteiger partial charge in [0, 0.05) is 24.4 Å². The number of hydrogen-bond acceptors (Lipinski definition) is 6. The zero-order valence-electron chi connectivity index (χ0n) is 15.5. The lowest BCUT2D eigenvalue weighted by Gasteiger charge is -2.14. The SMILES string of the molecule is COc1cc(NC(=O)c2cc(C)nc(NCC(C)C)n2)c(OC)cc1Cl. The van der Waals surface area contributed by atoms with Gasteiger partial charge >= 0.3 is 0 Å². The molecule has 0 aliphatic rings. The van der Waals surface area contributed by atoms with Crippen molar-refractivity contribution in [3.8, 4) is 11.5 Å². The van der Waals surface area contributed by atoms with Crippen LogP contribution in [0.3, 0.4) is 0 Å². The van der Waals surface area contributed by atoms with Gasteiger partial charge in [0.15, 0.2) is 0 Å². The number of amides is 1. The van der Waals surface area contributed by atoms with Crippen molar-refractivity contribution in [3.63, 3.8) is 0 Å². The summed E-state index contributed by atoms with van der Waals surface area (Å²) in [5.74, 6) is 1.33. The third-order valence-corrected chi connectivity index (χ3v) is 3.77. The maximum absolute atomic E-state index is 12.7. The van der Waals surface area contributed by atoms with E-state index in [9.17, 15) is 4.79 Å². The normalized spacial score (nSPS) is 10.6. The van der Waals surface area contributed by atoms with Crippen molar-refractivity contribution in [3.05, 3.63) is 34.6 Å². The maximum Gasteiger partial charge on any atom is 0.274 e. The van der Waals surface area contributed by atoms with Crippen LogP contribution < -0.4 is 20.1 Å². The van der Waals surface area contributed by atoms with Crippen LogP contribution in [-0.4, -0.2) is 36.6 Å². The van der Waals surface area contributed by atoms with Crippen molar-refractivity contribution in [2.45, 2.75) is 20.8 Å². The molecule has 1 aromatic heterocycles. The number of halogens is 1. The zero-order valence-corrected chi connectivity index (χ0v) is 16.3. The summed E-state index contributed by atoms with van der Waals surface area (Å²) in [6.07, 6.45) is 0. The van der Waals surface area contributed by atoms with Gasteiger partial charge in [-0.1, -0.05) is 25.4 Å². The Bertz CT molecular complexity index is 796. The lowest BCUT2D eigenvalue weighted by atomic mass is 10.2. The van der Waals surface area contributed by atoms with Crippen molar-refractivity contribution < 1.29 is 14.3 Å². The molecule has 1 aromatic carbocycles. The average Bonchev–Trinajstić information content (AvgIpc) is 2.60. The van der Waals surface area contributed by atoms with E-state index >= 15 is 0 Å². The Balaban J connectivity index is 2.27. The number of anilines is 2. The van der Waals surface area contributed by atoms with Gasteiger partial charge in [0.25, 0.3) is 5.91 Å². The van der Waals surface area contributed by atoms with Crippen molar-refractivity contribution in [2.75, 3.05) is 31.4 Å². The lowest BCUT2D eigenvalue weighted by molar-refractivity contribution is 0.102. The molecule has 0 aliphatic carbocycles. The van der Waals surface area contributed by atoms with Crippen LogP contribution in [0.25, 0.3) is 0 Å². The lowest BCUT2D eigenvalue weighted by Crippen LogP contribution is -2.18. The molecule has 140 valence electrons. The standard InChI is InChI=1S/C18H23ClN4O3/c1-10(2)9-20-18-21-11(3)6-14(23-18)17(24)22-13-8-15(25-4)12(19)7-16(13)26-5/h6-8,10H,9H2,1-5H3,(H,22,24)(H,20,21,23). The van der Waals surface area contributed by atoms with Gasteiger partial charge in [-0.3, -0.25) is 4.79 Å². The molecule has 0 saturated carbocycles. The minimum Gasteiger partial charge on any atom is -0.495 e. The van der Waals surface area contributed by atoms with Crippen molar-refractivity contribution >= 4 is 29.1 Å². The topological polar surface area (TPSA) is 85.4 Å². The molecule has 0 bridgehead atoms. The number of hydrogen-bond donors (Lipinski definition) is 2. The molecule has 1 amide bonds. The highest BCUT2D eigenvalue weighted by Gasteiger charge is 2.16. The van der Waals surface area contributed by atoms with Crippen molar-refractivity contribution in [2.24, 2.45) is 5.92 Å². The van der Waals surface area contributed by atoms with Crippen LogP contribution in [0.1, 0.15) is 30.0 Å². The second kappa shape index (κ2) is 8.71. The first kappa shape index (κ1) is 19.8. The quantitative estimate of drug-likeness (QED) is 0.762. The molecule has 2 rings (SSSR count). The molecule has 26 heavy (non-hydrogen) atoms. The fourth-order valence-electron chi connectivity index (χ4n) is 2.20. The summed E-state index contributed by atoms with van der Waals surface area (Å²) in [5, 5.41) is 6.30. The first-order valence-electron chi connectivity index (χ1n) is 8.16. The average molecular weight is 379 g/mol. The van der Waals surface area contributed by atoms with Gasteiger partial charge < -0.3 is 20.1 Å². The number of aryl methyl sites for hydroxylation is 1. The molecule has 0 saturated heterocycles. The summed E-state index contributed by atoms with van der Waals surface area (Å²) in [7, 11) is 3.00. The minimum absolute atomic E-state index is 0.250. The van der Waals surface area contributed by atoms with E-state index in [0.29, 0.717) is 46.3 Å². The van der Waals surface area contributed by atoms with E-state index in [1.807, 2.05) is 6.92 Å². The Kier molecular flexibility index (Phi) is 6.63. The first-order chi connectivity index (χ1) is 12.3. The van der Waals surface area contributed by atoms with Crippen LogP contribution >= 0.6 is 11.6 Å². The summed E-state index contributed by atoms with van der Waals surface area (Å²) < 4.78 is 10.5. The van der Waals surface area contributed by atoms with Crippen molar-refractivity contribution in [1.29, 1.82) is 0 Å². The molecule has 2 aromatic rings. The monoisotopic (exact) mass is 378 g/mol. The third-order valence-electron chi connectivity index (χ3n) is 3.48. The van der Waals surface area contributed by atoms with Crippen LogP contribution in [0.15, 0.2) is 18.2 Å². The number of carbonyl (C=O) groups excluding carboxylic acids is 1. The molecular formula is C18H23ClN4O3. The largest absolute Gasteiger partial charge is 0.495 e. The number of methoxy groups -OCH3 is 2. The van der Waals surface area contributed by atoms with Crippen LogP contribution in [0.5, 0.6) is 11.5 Å². The number of nitrogens with one attached hydrogen (secondary N) is 2. The Labute approximate surface area is 158 Å². The van der Waals surface area contributed by atoms with Gasteiger partial charge in [0.1, 0.15) is 17.2 Å². The fourth-order valence-corrected chi connectivity index (χ4v) is 2.43. The van der Waals surface area contributed by atoms with E-state index in [0.717, 1.165) is 0 Å². The van der Waals surface area contributed by atoms with Crippen LogP contribution in [-0.2, 0) is 0 Å². The van der Waals surface area contributed by atoms with E-state index in [1.54, 1.807) is 18.2 Å². The molecule has 0 spiro atoms. The smallest absolute Gasteiger partial charge is 0.274 e. The van der Waals surface area contributed by atoms with E-state index < -0.39 is 0 Å². The summed E-state index contributed by atoms with van der Waals surface area (Å²) in [4.78, 5) is 21.2. The molecule has 8 heteroatoms. The molecule has 0 atom stereocenters. The predicted molar refractivity (Wildman–Crippen MR) is 103 cm³/mol. The first-order valence-corrected chi connectivity index (χ1v) is 8.54. The molecule has 0 unspecified atom stereocenters. The Morgan fingerprint density at radius 3 is 2.46 bits per heavy atom. The summed E-state index contributed by atoms with van der Waals surface area (Å²) >= 11 is 6.09. The molecule has 0 aliphatic heterocycles. The van der Waals surface area contributed by atoms with Gasteiger partial charge in [0.2, 0.25) is 5.95 Å². The third kappa shape index (κ3) is 4.98. The number of ether oxygens (including phenoxy) is 2. The highest BCUT2D eigenvalue weighted by molar-refractivity contribution is 6.32. The number of nitrogens with zero attached hydrogens (tertiary/aromatic N) is 2. The fraction of sp³-hybridized carbons (Fsp3) is 0.389. The number of rotatable bonds is 7. The maximum atomic E-state index is 12.7. The van der Waals surface area contributed by atoms with Crippen LogP contribution in [0.2, 0.25) is 5.02 Å². The van der Waals surface area contributed by atoms with Gasteiger partial charge in [0.05, 0.1) is 24.9 Å². The summed E-state index contributed by atoms with van der Waals surface area (Å²) in [5.41, 5.74) is 1.38.